The van der Waals surface area contributed by atoms with Crippen molar-refractivity contribution in [2.75, 3.05) is 30.8 Å². The van der Waals surface area contributed by atoms with Crippen molar-refractivity contribution in [2.24, 2.45) is 0 Å². The second-order valence-electron chi connectivity index (χ2n) is 9.31. The molecule has 0 spiro atoms. The van der Waals surface area contributed by atoms with Crippen LogP contribution in [0, 0.1) is 13.8 Å². The molecule has 2 aromatic rings. The highest BCUT2D eigenvalue weighted by atomic mass is 32.2. The summed E-state index contributed by atoms with van der Waals surface area (Å²) in [4.78, 5) is 28.0. The minimum atomic E-state index is -3.54. The molecule has 1 atom stereocenters. The maximum Gasteiger partial charge on any atom is 0.242 e. The lowest BCUT2D eigenvalue weighted by atomic mass is 10.1. The molecule has 8 nitrogen and oxygen atoms in total. The van der Waals surface area contributed by atoms with Gasteiger partial charge in [-0.2, -0.15) is 0 Å². The number of nitrogens with zero attached hydrogens (tertiary/aromatic N) is 2. The predicted molar refractivity (Wildman–Crippen MR) is 148 cm³/mol. The number of hydrogen-bond donors (Lipinski definition) is 1. The molecule has 0 saturated carbocycles. The fourth-order valence-corrected chi connectivity index (χ4v) is 5.20. The van der Waals surface area contributed by atoms with Gasteiger partial charge in [0.05, 0.1) is 19.1 Å². The van der Waals surface area contributed by atoms with E-state index in [4.69, 9.17) is 4.74 Å². The predicted octanol–water partition coefficient (Wildman–Crippen LogP) is 4.19. The Balaban J connectivity index is 2.24. The maximum absolute atomic E-state index is 13.5. The number of rotatable bonds is 14. The zero-order valence-electron chi connectivity index (χ0n) is 22.9. The van der Waals surface area contributed by atoms with E-state index >= 15 is 0 Å². The number of amides is 2. The minimum Gasteiger partial charge on any atom is -0.497 e. The fourth-order valence-electron chi connectivity index (χ4n) is 4.18. The van der Waals surface area contributed by atoms with Crippen LogP contribution in [-0.2, 0) is 26.2 Å². The van der Waals surface area contributed by atoms with Crippen LogP contribution >= 0.6 is 0 Å². The first kappa shape index (κ1) is 30.2. The third-order valence-electron chi connectivity index (χ3n) is 6.23. The lowest BCUT2D eigenvalue weighted by Crippen LogP contribution is -2.49. The van der Waals surface area contributed by atoms with Crippen molar-refractivity contribution in [3.8, 4) is 5.75 Å². The number of benzene rings is 2. The SMILES string of the molecule is CCCNC(=O)[C@H](CC)N(Cc1ccc(OC)cc1)C(=O)CCCN(c1cc(C)ccc1C)S(C)(=O)=O. The molecule has 1 N–H and O–H groups in total. The molecule has 0 aromatic heterocycles. The average Bonchev–Trinajstić information content (AvgIpc) is 2.86. The van der Waals surface area contributed by atoms with E-state index in [0.29, 0.717) is 30.8 Å². The number of carbonyl (C=O) groups excluding carboxylic acids is 2. The lowest BCUT2D eigenvalue weighted by Gasteiger charge is -2.31. The smallest absolute Gasteiger partial charge is 0.242 e. The first-order valence-corrected chi connectivity index (χ1v) is 14.6. The summed E-state index contributed by atoms with van der Waals surface area (Å²) in [5.41, 5.74) is 3.31. The Morgan fingerprint density at radius 2 is 1.73 bits per heavy atom. The first-order valence-electron chi connectivity index (χ1n) is 12.8. The van der Waals surface area contributed by atoms with Gasteiger partial charge in [-0.1, -0.05) is 38.1 Å². The Morgan fingerprint density at radius 1 is 1.05 bits per heavy atom. The van der Waals surface area contributed by atoms with Gasteiger partial charge < -0.3 is 15.0 Å². The van der Waals surface area contributed by atoms with Crippen molar-refractivity contribution in [3.63, 3.8) is 0 Å². The standard InChI is InChI=1S/C28H41N3O5S/c1-7-17-29-28(33)25(8-2)30(20-23-13-15-24(36-5)16-14-23)27(32)10-9-18-31(37(6,34)35)26-19-21(3)11-12-22(26)4/h11-16,19,25H,7-10,17-18,20H2,1-6H3,(H,29,33)/t25-/m0/s1. The Hall–Kier alpha value is -3.07. The van der Waals surface area contributed by atoms with Crippen molar-refractivity contribution in [1.29, 1.82) is 0 Å². The summed E-state index contributed by atoms with van der Waals surface area (Å²) in [5, 5.41) is 2.91. The van der Waals surface area contributed by atoms with Crippen LogP contribution in [0.2, 0.25) is 0 Å². The molecule has 0 radical (unpaired) electrons. The van der Waals surface area contributed by atoms with E-state index in [0.717, 1.165) is 23.1 Å². The van der Waals surface area contributed by atoms with Crippen molar-refractivity contribution >= 4 is 27.5 Å². The molecule has 0 aliphatic rings. The third kappa shape index (κ3) is 8.77. The Morgan fingerprint density at radius 3 is 2.30 bits per heavy atom. The van der Waals surface area contributed by atoms with Crippen LogP contribution < -0.4 is 14.4 Å². The fraction of sp³-hybridized carbons (Fsp3) is 0.500. The van der Waals surface area contributed by atoms with Gasteiger partial charge in [-0.3, -0.25) is 13.9 Å². The number of ether oxygens (including phenoxy) is 1. The molecular formula is C28H41N3O5S. The van der Waals surface area contributed by atoms with Gasteiger partial charge >= 0.3 is 0 Å². The Bertz CT molecular complexity index is 1150. The van der Waals surface area contributed by atoms with E-state index in [2.05, 4.69) is 5.32 Å². The molecule has 0 bridgehead atoms. The number of carbonyl (C=O) groups is 2. The summed E-state index contributed by atoms with van der Waals surface area (Å²) < 4.78 is 31.8. The van der Waals surface area contributed by atoms with Crippen LogP contribution in [0.3, 0.4) is 0 Å². The van der Waals surface area contributed by atoms with Gasteiger partial charge in [0.25, 0.3) is 0 Å². The van der Waals surface area contributed by atoms with Crippen LogP contribution in [0.25, 0.3) is 0 Å². The molecule has 2 rings (SSSR count). The van der Waals surface area contributed by atoms with Crippen LogP contribution in [-0.4, -0.2) is 57.6 Å². The molecule has 2 amide bonds. The van der Waals surface area contributed by atoms with E-state index in [1.54, 1.807) is 12.0 Å². The molecule has 204 valence electrons. The normalized spacial score (nSPS) is 12.1. The number of aryl methyl sites for hydroxylation is 2. The Kier molecular flexibility index (Phi) is 11.4. The minimum absolute atomic E-state index is 0.116. The van der Waals surface area contributed by atoms with E-state index in [-0.39, 0.29) is 31.3 Å². The van der Waals surface area contributed by atoms with Gasteiger partial charge in [0.2, 0.25) is 21.8 Å². The average molecular weight is 532 g/mol. The molecule has 9 heteroatoms. The number of hydrogen-bond acceptors (Lipinski definition) is 5. The van der Waals surface area contributed by atoms with Crippen LogP contribution in [0.1, 0.15) is 56.2 Å². The van der Waals surface area contributed by atoms with Crippen molar-refractivity contribution in [3.05, 3.63) is 59.2 Å². The molecule has 0 aliphatic carbocycles. The summed E-state index contributed by atoms with van der Waals surface area (Å²) in [5.74, 6) is 0.338. The first-order chi connectivity index (χ1) is 17.5. The highest BCUT2D eigenvalue weighted by Crippen LogP contribution is 2.25. The van der Waals surface area contributed by atoms with Crippen molar-refractivity contribution < 1.29 is 22.7 Å². The maximum atomic E-state index is 13.5. The summed E-state index contributed by atoms with van der Waals surface area (Å²) >= 11 is 0. The molecule has 37 heavy (non-hydrogen) atoms. The Labute approximate surface area is 222 Å². The molecule has 2 aromatic carbocycles. The van der Waals surface area contributed by atoms with Gasteiger partial charge in [0, 0.05) is 26.1 Å². The molecule has 0 aliphatic heterocycles. The summed E-state index contributed by atoms with van der Waals surface area (Å²) in [6.45, 7) is 8.63. The molecular weight excluding hydrogens is 490 g/mol. The molecule has 0 heterocycles. The van der Waals surface area contributed by atoms with E-state index < -0.39 is 16.1 Å². The van der Waals surface area contributed by atoms with Gasteiger partial charge in [-0.05, 0) is 68.0 Å². The second kappa shape index (κ2) is 14.0. The van der Waals surface area contributed by atoms with Crippen LogP contribution in [0.5, 0.6) is 5.75 Å². The van der Waals surface area contributed by atoms with E-state index in [1.807, 2.05) is 70.2 Å². The highest BCUT2D eigenvalue weighted by Gasteiger charge is 2.29. The summed E-state index contributed by atoms with van der Waals surface area (Å²) in [6.07, 6.45) is 2.89. The van der Waals surface area contributed by atoms with E-state index in [9.17, 15) is 18.0 Å². The van der Waals surface area contributed by atoms with Gasteiger partial charge in [-0.15, -0.1) is 0 Å². The summed E-state index contributed by atoms with van der Waals surface area (Å²) in [7, 11) is -1.95. The van der Waals surface area contributed by atoms with Gasteiger partial charge in [-0.25, -0.2) is 8.42 Å². The van der Waals surface area contributed by atoms with Gasteiger partial charge in [0.1, 0.15) is 11.8 Å². The van der Waals surface area contributed by atoms with Crippen LogP contribution in [0.15, 0.2) is 42.5 Å². The molecule has 0 fully saturated rings. The second-order valence-corrected chi connectivity index (χ2v) is 11.2. The zero-order valence-corrected chi connectivity index (χ0v) is 23.7. The largest absolute Gasteiger partial charge is 0.497 e. The van der Waals surface area contributed by atoms with Crippen LogP contribution in [0.4, 0.5) is 5.69 Å². The van der Waals surface area contributed by atoms with Crippen molar-refractivity contribution in [1.82, 2.24) is 10.2 Å². The van der Waals surface area contributed by atoms with E-state index in [1.165, 1.54) is 10.6 Å². The van der Waals surface area contributed by atoms with Crippen molar-refractivity contribution in [2.45, 2.75) is 66.0 Å². The number of anilines is 1. The lowest BCUT2D eigenvalue weighted by molar-refractivity contribution is -0.141. The van der Waals surface area contributed by atoms with Gasteiger partial charge in [0.15, 0.2) is 0 Å². The quantitative estimate of drug-likeness (QED) is 0.394. The molecule has 0 unspecified atom stereocenters. The highest BCUT2D eigenvalue weighted by molar-refractivity contribution is 7.92. The molecule has 0 saturated heterocycles. The number of methoxy groups -OCH3 is 1. The summed E-state index contributed by atoms with van der Waals surface area (Å²) in [6, 6.07) is 12.5. The number of nitrogens with one attached hydrogen (secondary N) is 1. The topological polar surface area (TPSA) is 96.0 Å². The third-order valence-corrected chi connectivity index (χ3v) is 7.41. The monoisotopic (exact) mass is 531 g/mol. The zero-order chi connectivity index (χ0) is 27.6. The number of sulfonamides is 1.